The van der Waals surface area contributed by atoms with Gasteiger partial charge in [0.05, 0.1) is 11.4 Å². The molecule has 0 aliphatic heterocycles. The van der Waals surface area contributed by atoms with Crippen LogP contribution in [0.15, 0.2) is 29.2 Å². The lowest BCUT2D eigenvalue weighted by molar-refractivity contribution is -0.137. The molecule has 0 aliphatic carbocycles. The van der Waals surface area contributed by atoms with Crippen molar-refractivity contribution in [3.63, 3.8) is 0 Å². The molecular weight excluding hydrogens is 270 g/mol. The molecule has 0 spiro atoms. The molecule has 0 fully saturated rings. The number of carbonyl (C=O) groups excluding carboxylic acids is 1. The molecule has 0 radical (unpaired) electrons. The van der Waals surface area contributed by atoms with Crippen molar-refractivity contribution >= 4 is 21.8 Å². The van der Waals surface area contributed by atoms with Gasteiger partial charge in [-0.15, -0.1) is 0 Å². The number of benzene rings is 1. The van der Waals surface area contributed by atoms with Crippen molar-refractivity contribution in [2.45, 2.75) is 18.7 Å². The van der Waals surface area contributed by atoms with Crippen molar-refractivity contribution in [2.75, 3.05) is 13.1 Å². The largest absolute Gasteiger partial charge is 0.480 e. The number of carboxylic acids is 1. The van der Waals surface area contributed by atoms with Gasteiger partial charge in [-0.3, -0.25) is 9.59 Å². The second-order valence-electron chi connectivity index (χ2n) is 4.18. The lowest BCUT2D eigenvalue weighted by Gasteiger charge is -2.19. The third-order valence-corrected chi connectivity index (χ3v) is 4.18. The van der Waals surface area contributed by atoms with Gasteiger partial charge in [0.1, 0.15) is 12.3 Å². The second-order valence-corrected chi connectivity index (χ2v) is 6.12. The van der Waals surface area contributed by atoms with Gasteiger partial charge in [0.15, 0.2) is 0 Å². The molecule has 0 bridgehead atoms. The summed E-state index contributed by atoms with van der Waals surface area (Å²) in [5.41, 5.74) is 0.885. The van der Waals surface area contributed by atoms with Crippen LogP contribution in [0.2, 0.25) is 0 Å². The van der Waals surface area contributed by atoms with E-state index in [1.54, 1.807) is 19.1 Å². The van der Waals surface area contributed by atoms with Crippen molar-refractivity contribution in [1.82, 2.24) is 4.31 Å². The molecule has 1 rings (SSSR count). The third-order valence-electron chi connectivity index (χ3n) is 2.37. The van der Waals surface area contributed by atoms with E-state index >= 15 is 0 Å². The van der Waals surface area contributed by atoms with Gasteiger partial charge in [-0.2, -0.15) is 4.31 Å². The van der Waals surface area contributed by atoms with Gasteiger partial charge in [-0.25, -0.2) is 8.42 Å². The summed E-state index contributed by atoms with van der Waals surface area (Å²) in [4.78, 5) is 21.7. The molecule has 104 valence electrons. The lowest BCUT2D eigenvalue weighted by atomic mass is 10.2. The average Bonchev–Trinajstić information content (AvgIpc) is 2.27. The molecule has 19 heavy (non-hydrogen) atoms. The average molecular weight is 285 g/mol. The topological polar surface area (TPSA) is 91.8 Å². The Morgan fingerprint density at radius 1 is 1.16 bits per heavy atom. The van der Waals surface area contributed by atoms with E-state index in [4.69, 9.17) is 5.11 Å². The maximum absolute atomic E-state index is 12.2. The Balaban J connectivity index is 3.14. The number of nitrogens with zero attached hydrogens (tertiary/aromatic N) is 1. The van der Waals surface area contributed by atoms with Gasteiger partial charge in [0.2, 0.25) is 10.0 Å². The Morgan fingerprint density at radius 2 is 1.68 bits per heavy atom. The van der Waals surface area contributed by atoms with E-state index in [9.17, 15) is 18.0 Å². The van der Waals surface area contributed by atoms with Crippen molar-refractivity contribution in [3.8, 4) is 0 Å². The van der Waals surface area contributed by atoms with Crippen molar-refractivity contribution in [1.29, 1.82) is 0 Å². The second kappa shape index (κ2) is 5.94. The summed E-state index contributed by atoms with van der Waals surface area (Å²) in [5, 5.41) is 8.73. The van der Waals surface area contributed by atoms with Crippen molar-refractivity contribution in [3.05, 3.63) is 29.8 Å². The van der Waals surface area contributed by atoms with Crippen LogP contribution < -0.4 is 0 Å². The predicted molar refractivity (Wildman–Crippen MR) is 68.3 cm³/mol. The van der Waals surface area contributed by atoms with Crippen molar-refractivity contribution in [2.24, 2.45) is 0 Å². The van der Waals surface area contributed by atoms with Gasteiger partial charge < -0.3 is 5.11 Å². The molecule has 0 saturated heterocycles. The SMILES string of the molecule is CC(=O)CN(CC(=O)O)S(=O)(=O)c1ccc(C)cc1. The van der Waals surface area contributed by atoms with Gasteiger partial charge in [0.25, 0.3) is 0 Å². The van der Waals surface area contributed by atoms with Crippen molar-refractivity contribution < 1.29 is 23.1 Å². The molecule has 7 heteroatoms. The highest BCUT2D eigenvalue weighted by molar-refractivity contribution is 7.89. The maximum Gasteiger partial charge on any atom is 0.318 e. The summed E-state index contributed by atoms with van der Waals surface area (Å²) in [6.45, 7) is 1.82. The molecule has 0 atom stereocenters. The Bertz CT molecular complexity index is 561. The summed E-state index contributed by atoms with van der Waals surface area (Å²) < 4.78 is 25.1. The highest BCUT2D eigenvalue weighted by Crippen LogP contribution is 2.16. The first kappa shape index (κ1) is 15.3. The van der Waals surface area contributed by atoms with Gasteiger partial charge >= 0.3 is 5.97 Å². The first-order valence-electron chi connectivity index (χ1n) is 5.51. The van der Waals surface area contributed by atoms with Crippen LogP contribution in [0, 0.1) is 6.92 Å². The minimum Gasteiger partial charge on any atom is -0.480 e. The molecule has 0 aromatic heterocycles. The van der Waals surface area contributed by atoms with E-state index in [2.05, 4.69) is 0 Å². The van der Waals surface area contributed by atoms with E-state index in [1.807, 2.05) is 0 Å². The molecule has 0 saturated carbocycles. The molecule has 1 aromatic carbocycles. The minimum atomic E-state index is -3.98. The zero-order chi connectivity index (χ0) is 14.6. The number of ketones is 1. The Hall–Kier alpha value is -1.73. The van der Waals surface area contributed by atoms with E-state index in [1.165, 1.54) is 19.1 Å². The number of Topliss-reactive ketones (excluding diaryl/α,β-unsaturated/α-hetero) is 1. The van der Waals surface area contributed by atoms with Crippen LogP contribution in [0.1, 0.15) is 12.5 Å². The summed E-state index contributed by atoms with van der Waals surface area (Å²) in [7, 11) is -3.98. The summed E-state index contributed by atoms with van der Waals surface area (Å²) in [6.07, 6.45) is 0. The number of hydrogen-bond donors (Lipinski definition) is 1. The van der Waals surface area contributed by atoms with Gasteiger partial charge in [0, 0.05) is 0 Å². The van der Waals surface area contributed by atoms with E-state index in [-0.39, 0.29) is 4.90 Å². The monoisotopic (exact) mass is 285 g/mol. The standard InChI is InChI=1S/C12H15NO5S/c1-9-3-5-11(6-4-9)19(17,18)13(7-10(2)14)8-12(15)16/h3-6H,7-8H2,1-2H3,(H,15,16). The number of rotatable bonds is 6. The summed E-state index contributed by atoms with van der Waals surface area (Å²) in [6, 6.07) is 6.00. The van der Waals surface area contributed by atoms with E-state index in [0.29, 0.717) is 4.31 Å². The maximum atomic E-state index is 12.2. The highest BCUT2D eigenvalue weighted by Gasteiger charge is 2.27. The molecule has 0 unspecified atom stereocenters. The fraction of sp³-hybridized carbons (Fsp3) is 0.333. The fourth-order valence-corrected chi connectivity index (χ4v) is 2.89. The lowest BCUT2D eigenvalue weighted by Crippen LogP contribution is -2.38. The highest BCUT2D eigenvalue weighted by atomic mass is 32.2. The van der Waals surface area contributed by atoms with Crippen LogP contribution in [-0.2, 0) is 19.6 Å². The number of hydrogen-bond acceptors (Lipinski definition) is 4. The summed E-state index contributed by atoms with van der Waals surface area (Å²) >= 11 is 0. The zero-order valence-corrected chi connectivity index (χ0v) is 11.5. The fourth-order valence-electron chi connectivity index (χ4n) is 1.48. The van der Waals surface area contributed by atoms with Gasteiger partial charge in [-0.1, -0.05) is 17.7 Å². The molecule has 0 aliphatic rings. The number of carbonyl (C=O) groups is 2. The number of aliphatic carboxylic acids is 1. The zero-order valence-electron chi connectivity index (χ0n) is 10.7. The predicted octanol–water partition coefficient (Wildman–Crippen LogP) is 0.659. The first-order valence-corrected chi connectivity index (χ1v) is 6.95. The van der Waals surface area contributed by atoms with Crippen LogP contribution in [0.25, 0.3) is 0 Å². The number of carboxylic acid groups (broad SMARTS) is 1. The van der Waals surface area contributed by atoms with E-state index in [0.717, 1.165) is 5.56 Å². The number of sulfonamides is 1. The van der Waals surface area contributed by atoms with Crippen LogP contribution in [0.3, 0.4) is 0 Å². The Kier molecular flexibility index (Phi) is 4.79. The molecule has 6 nitrogen and oxygen atoms in total. The molecule has 1 N–H and O–H groups in total. The Labute approximate surface area is 111 Å². The molecule has 0 amide bonds. The molecule has 1 aromatic rings. The van der Waals surface area contributed by atoms with E-state index < -0.39 is 34.9 Å². The third kappa shape index (κ3) is 4.15. The normalized spacial score (nSPS) is 11.5. The van der Waals surface area contributed by atoms with Crippen LogP contribution in [-0.4, -0.2) is 42.7 Å². The minimum absolute atomic E-state index is 0.0272. The van der Waals surface area contributed by atoms with Gasteiger partial charge in [-0.05, 0) is 26.0 Å². The van der Waals surface area contributed by atoms with Crippen LogP contribution in [0.4, 0.5) is 0 Å². The first-order chi connectivity index (χ1) is 8.73. The quantitative estimate of drug-likeness (QED) is 0.829. The smallest absolute Gasteiger partial charge is 0.318 e. The Morgan fingerprint density at radius 3 is 2.11 bits per heavy atom. The van der Waals surface area contributed by atoms with Crippen LogP contribution >= 0.6 is 0 Å². The summed E-state index contributed by atoms with van der Waals surface area (Å²) in [5.74, 6) is -1.73. The molecule has 0 heterocycles. The number of aryl methyl sites for hydroxylation is 1. The van der Waals surface area contributed by atoms with Crippen LogP contribution in [0.5, 0.6) is 0 Å². The molecular formula is C12H15NO5S.